The number of carbonyl (C=O) groups is 2. The smallest absolute Gasteiger partial charge is 0.335 e. The number of carboxylic acid groups (broad SMARTS) is 1. The van der Waals surface area contributed by atoms with Crippen molar-refractivity contribution in [2.24, 2.45) is 5.92 Å². The van der Waals surface area contributed by atoms with Gasteiger partial charge in [0.15, 0.2) is 0 Å². The Morgan fingerprint density at radius 2 is 1.93 bits per heavy atom. The maximum Gasteiger partial charge on any atom is 0.335 e. The van der Waals surface area contributed by atoms with Crippen LogP contribution in [0.25, 0.3) is 0 Å². The summed E-state index contributed by atoms with van der Waals surface area (Å²) in [6, 6.07) is 8.54. The number of rotatable bonds is 4. The number of benzene rings is 1. The van der Waals surface area contributed by atoms with Crippen molar-refractivity contribution in [1.29, 1.82) is 0 Å². The molecule has 0 unspecified atom stereocenters. The van der Waals surface area contributed by atoms with E-state index in [1.807, 2.05) is 6.07 Å². The zero-order valence-corrected chi connectivity index (χ0v) is 16.4. The summed E-state index contributed by atoms with van der Waals surface area (Å²) in [4.78, 5) is 30.7. The third-order valence-corrected chi connectivity index (χ3v) is 5.95. The van der Waals surface area contributed by atoms with Crippen LogP contribution >= 0.6 is 11.6 Å². The molecular formula is C21H22ClN3O3. The molecule has 0 spiro atoms. The topological polar surface area (TPSA) is 82.5 Å². The van der Waals surface area contributed by atoms with Crippen LogP contribution in [0, 0.1) is 12.8 Å². The predicted molar refractivity (Wildman–Crippen MR) is 108 cm³/mol. The van der Waals surface area contributed by atoms with Crippen LogP contribution in [0.4, 0.5) is 11.5 Å². The van der Waals surface area contributed by atoms with E-state index < -0.39 is 5.97 Å². The molecule has 1 aromatic heterocycles. The summed E-state index contributed by atoms with van der Waals surface area (Å²) < 4.78 is 0. The van der Waals surface area contributed by atoms with Crippen molar-refractivity contribution >= 4 is 35.0 Å². The monoisotopic (exact) mass is 399 g/mol. The van der Waals surface area contributed by atoms with Crippen molar-refractivity contribution in [3.05, 3.63) is 52.2 Å². The number of anilines is 2. The third-order valence-electron chi connectivity index (χ3n) is 5.73. The molecule has 2 saturated heterocycles. The summed E-state index contributed by atoms with van der Waals surface area (Å²) in [5.74, 6) is 0.0870. The van der Waals surface area contributed by atoms with Gasteiger partial charge in [-0.25, -0.2) is 9.78 Å². The molecule has 146 valence electrons. The van der Waals surface area contributed by atoms with Gasteiger partial charge in [0, 0.05) is 23.3 Å². The molecule has 1 saturated carbocycles. The van der Waals surface area contributed by atoms with Crippen molar-refractivity contribution in [3.8, 4) is 0 Å². The van der Waals surface area contributed by atoms with E-state index >= 15 is 0 Å². The third kappa shape index (κ3) is 3.69. The van der Waals surface area contributed by atoms with E-state index in [-0.39, 0.29) is 17.2 Å². The molecular weight excluding hydrogens is 378 g/mol. The highest BCUT2D eigenvalue weighted by Crippen LogP contribution is 2.37. The number of carboxylic acids is 1. The minimum atomic E-state index is -0.993. The number of piperidine rings is 2. The zero-order chi connectivity index (χ0) is 19.8. The number of carbonyl (C=O) groups excluding carboxylic acids is 1. The van der Waals surface area contributed by atoms with Crippen molar-refractivity contribution in [3.63, 3.8) is 0 Å². The number of fused-ring (bicyclic) bond motifs is 3. The number of amides is 1. The number of halogens is 1. The fourth-order valence-electron chi connectivity index (χ4n) is 4.27. The summed E-state index contributed by atoms with van der Waals surface area (Å²) in [7, 11) is 0. The summed E-state index contributed by atoms with van der Waals surface area (Å²) in [6.07, 6.45) is 4.85. The Labute approximate surface area is 168 Å². The number of aromatic nitrogens is 1. The van der Waals surface area contributed by atoms with Crippen LogP contribution in [0.3, 0.4) is 0 Å². The lowest BCUT2D eigenvalue weighted by Gasteiger charge is -2.46. The number of hydrogen-bond acceptors (Lipinski definition) is 4. The molecule has 28 heavy (non-hydrogen) atoms. The van der Waals surface area contributed by atoms with Gasteiger partial charge >= 0.3 is 5.97 Å². The Hall–Kier alpha value is -2.60. The van der Waals surface area contributed by atoms with Gasteiger partial charge in [-0.05, 0) is 74.4 Å². The van der Waals surface area contributed by atoms with Crippen LogP contribution in [0.15, 0.2) is 30.3 Å². The number of hydrogen-bond donors (Lipinski definition) is 2. The first-order valence-electron chi connectivity index (χ1n) is 9.50. The maximum absolute atomic E-state index is 12.7. The number of aryl methyl sites for hydroxylation is 1. The van der Waals surface area contributed by atoms with Crippen molar-refractivity contribution in [2.45, 2.75) is 38.6 Å². The second kappa shape index (κ2) is 7.43. The summed E-state index contributed by atoms with van der Waals surface area (Å²) in [5.41, 5.74) is 1.56. The summed E-state index contributed by atoms with van der Waals surface area (Å²) in [5, 5.41) is 12.4. The van der Waals surface area contributed by atoms with E-state index in [1.165, 1.54) is 18.9 Å². The number of aromatic carboxylic acids is 1. The number of nitrogens with one attached hydrogen (secondary N) is 1. The van der Waals surface area contributed by atoms with Gasteiger partial charge in [0.05, 0.1) is 5.56 Å². The quantitative estimate of drug-likeness (QED) is 0.797. The average molecular weight is 400 g/mol. The van der Waals surface area contributed by atoms with Crippen LogP contribution in [-0.2, 0) is 0 Å². The van der Waals surface area contributed by atoms with E-state index in [0.717, 1.165) is 25.2 Å². The molecule has 2 N–H and O–H groups in total. The molecule has 3 aliphatic rings. The van der Waals surface area contributed by atoms with E-state index in [0.29, 0.717) is 28.2 Å². The lowest BCUT2D eigenvalue weighted by Crippen LogP contribution is -2.48. The van der Waals surface area contributed by atoms with Crippen LogP contribution in [0.1, 0.15) is 52.1 Å². The average Bonchev–Trinajstić information content (AvgIpc) is 2.68. The maximum atomic E-state index is 12.7. The fourth-order valence-corrected chi connectivity index (χ4v) is 4.47. The fraction of sp³-hybridized carbons (Fsp3) is 0.381. The van der Waals surface area contributed by atoms with Gasteiger partial charge in [-0.3, -0.25) is 4.79 Å². The summed E-state index contributed by atoms with van der Waals surface area (Å²) >= 11 is 6.29. The summed E-state index contributed by atoms with van der Waals surface area (Å²) in [6.45, 7) is 2.66. The SMILES string of the molecule is Cc1cc(NC(=O)c2cc(Cl)cc(N3CC4CCC3CC4)n2)ccc1C(=O)O. The lowest BCUT2D eigenvalue weighted by atomic mass is 9.80. The normalized spacial score (nSPS) is 20.9. The van der Waals surface area contributed by atoms with Gasteiger partial charge in [-0.2, -0.15) is 0 Å². The molecule has 1 amide bonds. The van der Waals surface area contributed by atoms with Gasteiger partial charge in [-0.15, -0.1) is 0 Å². The number of pyridine rings is 1. The van der Waals surface area contributed by atoms with Crippen molar-refractivity contribution < 1.29 is 14.7 Å². The Kier molecular flexibility index (Phi) is 4.98. The molecule has 0 radical (unpaired) electrons. The van der Waals surface area contributed by atoms with Crippen LogP contribution in [-0.4, -0.2) is 34.6 Å². The Morgan fingerprint density at radius 3 is 2.54 bits per heavy atom. The minimum absolute atomic E-state index is 0.210. The van der Waals surface area contributed by atoms with Crippen LogP contribution in [0.2, 0.25) is 5.02 Å². The van der Waals surface area contributed by atoms with Gasteiger partial charge in [0.1, 0.15) is 11.5 Å². The molecule has 1 aromatic carbocycles. The van der Waals surface area contributed by atoms with E-state index in [9.17, 15) is 9.59 Å². The van der Waals surface area contributed by atoms with E-state index in [2.05, 4.69) is 15.2 Å². The number of nitrogens with zero attached hydrogens (tertiary/aromatic N) is 2. The van der Waals surface area contributed by atoms with Gasteiger partial charge in [0.2, 0.25) is 0 Å². The lowest BCUT2D eigenvalue weighted by molar-refractivity contribution is 0.0696. The molecule has 3 heterocycles. The van der Waals surface area contributed by atoms with E-state index in [1.54, 1.807) is 25.1 Å². The molecule has 0 atom stereocenters. The van der Waals surface area contributed by atoms with Crippen molar-refractivity contribution in [2.75, 3.05) is 16.8 Å². The minimum Gasteiger partial charge on any atom is -0.478 e. The first-order chi connectivity index (χ1) is 13.4. The largest absolute Gasteiger partial charge is 0.478 e. The Balaban J connectivity index is 1.56. The second-order valence-electron chi connectivity index (χ2n) is 7.64. The molecule has 2 aliphatic heterocycles. The van der Waals surface area contributed by atoms with Gasteiger partial charge in [0.25, 0.3) is 5.91 Å². The van der Waals surface area contributed by atoms with Gasteiger partial charge in [-0.1, -0.05) is 11.6 Å². The van der Waals surface area contributed by atoms with Gasteiger partial charge < -0.3 is 15.3 Å². The highest BCUT2D eigenvalue weighted by Gasteiger charge is 2.34. The molecule has 3 fully saturated rings. The second-order valence-corrected chi connectivity index (χ2v) is 8.08. The van der Waals surface area contributed by atoms with Crippen LogP contribution < -0.4 is 10.2 Å². The first-order valence-corrected chi connectivity index (χ1v) is 9.88. The Bertz CT molecular complexity index is 938. The molecule has 6 nitrogen and oxygen atoms in total. The predicted octanol–water partition coefficient (Wildman–Crippen LogP) is 4.37. The molecule has 5 rings (SSSR count). The van der Waals surface area contributed by atoms with Crippen molar-refractivity contribution in [1.82, 2.24) is 4.98 Å². The highest BCUT2D eigenvalue weighted by atomic mass is 35.5. The molecule has 1 aliphatic carbocycles. The Morgan fingerprint density at radius 1 is 1.18 bits per heavy atom. The first kappa shape index (κ1) is 18.7. The highest BCUT2D eigenvalue weighted by molar-refractivity contribution is 6.31. The molecule has 7 heteroatoms. The van der Waals surface area contributed by atoms with Crippen LogP contribution in [0.5, 0.6) is 0 Å². The zero-order valence-electron chi connectivity index (χ0n) is 15.6. The molecule has 2 aromatic rings. The van der Waals surface area contributed by atoms with E-state index in [4.69, 9.17) is 16.7 Å². The molecule has 2 bridgehead atoms. The standard InChI is InChI=1S/C21H22ClN3O3/c1-12-8-15(4-7-17(12)21(27)28)23-20(26)18-9-14(22)10-19(24-18)25-11-13-2-5-16(25)6-3-13/h4,7-10,13,16H,2-3,5-6,11H2,1H3,(H,23,26)(H,27,28).